The van der Waals surface area contributed by atoms with Gasteiger partial charge in [0, 0.05) is 36.7 Å². The molecule has 0 unspecified atom stereocenters. The van der Waals surface area contributed by atoms with E-state index < -0.39 is 28.4 Å². The Hall–Kier alpha value is -2.75. The predicted octanol–water partition coefficient (Wildman–Crippen LogP) is 5.38. The molecule has 6 nitrogen and oxygen atoms in total. The number of rotatable bonds is 5. The number of carbonyl (C=O) groups excluding carboxylic acids is 1. The molecule has 1 saturated heterocycles. The Kier molecular flexibility index (Phi) is 8.46. The third-order valence-corrected chi connectivity index (χ3v) is 5.96. The van der Waals surface area contributed by atoms with Gasteiger partial charge < -0.3 is 10.6 Å². The van der Waals surface area contributed by atoms with Crippen molar-refractivity contribution in [2.75, 3.05) is 6.54 Å². The molecule has 3 heterocycles. The molecular formula is C23H22Cl2F3N5O. The van der Waals surface area contributed by atoms with Crippen LogP contribution >= 0.6 is 24.0 Å². The van der Waals surface area contributed by atoms with Gasteiger partial charge in [0.25, 0.3) is 5.91 Å². The van der Waals surface area contributed by atoms with Gasteiger partial charge in [0.15, 0.2) is 0 Å². The average Bonchev–Trinajstić information content (AvgIpc) is 2.82. The fraction of sp³-hybridized carbons (Fsp3) is 0.304. The molecule has 1 aromatic carbocycles. The molecule has 1 atom stereocenters. The summed E-state index contributed by atoms with van der Waals surface area (Å²) in [5, 5.41) is 5.49. The lowest BCUT2D eigenvalue weighted by molar-refractivity contribution is -0.137. The number of halogens is 5. The Morgan fingerprint density at radius 2 is 1.94 bits per heavy atom. The number of aromatic nitrogens is 3. The molecule has 0 aliphatic carbocycles. The van der Waals surface area contributed by atoms with Crippen LogP contribution in [0.5, 0.6) is 0 Å². The first-order valence-corrected chi connectivity index (χ1v) is 10.8. The minimum absolute atomic E-state index is 0. The van der Waals surface area contributed by atoms with Gasteiger partial charge in [0.2, 0.25) is 0 Å². The molecule has 34 heavy (non-hydrogen) atoms. The third kappa shape index (κ3) is 5.65. The van der Waals surface area contributed by atoms with Gasteiger partial charge in [-0.25, -0.2) is 15.0 Å². The number of alkyl halides is 3. The molecular weight excluding hydrogens is 490 g/mol. The summed E-state index contributed by atoms with van der Waals surface area (Å²) in [4.78, 5) is 24.7. The third-order valence-electron chi connectivity index (χ3n) is 5.58. The van der Waals surface area contributed by atoms with E-state index in [2.05, 4.69) is 25.6 Å². The van der Waals surface area contributed by atoms with Crippen molar-refractivity contribution in [2.24, 2.45) is 0 Å². The maximum absolute atomic E-state index is 13.1. The second-order valence-corrected chi connectivity index (χ2v) is 8.09. The lowest BCUT2D eigenvalue weighted by atomic mass is 9.87. The zero-order valence-corrected chi connectivity index (χ0v) is 19.5. The number of hydrogen-bond acceptors (Lipinski definition) is 5. The van der Waals surface area contributed by atoms with Crippen molar-refractivity contribution >= 4 is 29.9 Å². The van der Waals surface area contributed by atoms with Crippen molar-refractivity contribution in [1.29, 1.82) is 0 Å². The quantitative estimate of drug-likeness (QED) is 0.480. The highest BCUT2D eigenvalue weighted by Crippen LogP contribution is 2.36. The molecule has 0 bridgehead atoms. The number of carbonyl (C=O) groups is 1. The summed E-state index contributed by atoms with van der Waals surface area (Å²) in [5.74, 6) is -0.776. The van der Waals surface area contributed by atoms with E-state index >= 15 is 0 Å². The number of hydrogen-bond donors (Lipinski definition) is 2. The van der Waals surface area contributed by atoms with Crippen LogP contribution in [0.25, 0.3) is 11.1 Å². The standard InChI is InChI=1S/C23H21ClF3N5O.ClH/c24-20-17(23(25,26)27)7-9-31-21(20)22(33)32-12-14-4-3-5-16(15-10-28-13-29-11-15)19(14)18-6-1-2-8-30-18;/h3-5,7,9-11,13,18,30H,1-2,6,8,12H2,(H,32,33);1H/t18-;/m0./s1. The van der Waals surface area contributed by atoms with E-state index in [1.165, 1.54) is 6.33 Å². The average molecular weight is 512 g/mol. The van der Waals surface area contributed by atoms with E-state index in [1.807, 2.05) is 18.2 Å². The van der Waals surface area contributed by atoms with Gasteiger partial charge in [-0.1, -0.05) is 36.2 Å². The largest absolute Gasteiger partial charge is 0.417 e. The molecule has 11 heteroatoms. The SMILES string of the molecule is Cl.O=C(NCc1cccc(-c2cncnc2)c1[C@@H]1CCCCN1)c1nccc(C(F)(F)F)c1Cl. The molecule has 1 aliphatic rings. The number of nitrogens with zero attached hydrogens (tertiary/aromatic N) is 3. The van der Waals surface area contributed by atoms with Crippen LogP contribution in [-0.4, -0.2) is 27.4 Å². The minimum atomic E-state index is -4.68. The zero-order valence-electron chi connectivity index (χ0n) is 17.9. The fourth-order valence-electron chi connectivity index (χ4n) is 4.05. The first-order chi connectivity index (χ1) is 15.9. The van der Waals surface area contributed by atoms with Gasteiger partial charge in [0.05, 0.1) is 10.6 Å². The molecule has 3 aromatic rings. The Morgan fingerprint density at radius 1 is 1.18 bits per heavy atom. The van der Waals surface area contributed by atoms with Gasteiger partial charge in [-0.05, 0) is 42.1 Å². The summed E-state index contributed by atoms with van der Waals surface area (Å²) >= 11 is 5.86. The van der Waals surface area contributed by atoms with E-state index in [0.29, 0.717) is 0 Å². The molecule has 4 rings (SSSR count). The van der Waals surface area contributed by atoms with Crippen LogP contribution in [0, 0.1) is 0 Å². The Balaban J connectivity index is 0.00000324. The number of nitrogens with one attached hydrogen (secondary N) is 2. The number of benzene rings is 1. The molecule has 180 valence electrons. The van der Waals surface area contributed by atoms with E-state index in [-0.39, 0.29) is 25.0 Å². The highest BCUT2D eigenvalue weighted by molar-refractivity contribution is 6.34. The van der Waals surface area contributed by atoms with Gasteiger partial charge >= 0.3 is 6.18 Å². The lowest BCUT2D eigenvalue weighted by Crippen LogP contribution is -2.30. The summed E-state index contributed by atoms with van der Waals surface area (Å²) in [5.41, 5.74) is 2.08. The molecule has 0 saturated carbocycles. The van der Waals surface area contributed by atoms with Crippen LogP contribution in [0.3, 0.4) is 0 Å². The van der Waals surface area contributed by atoms with E-state index in [0.717, 1.165) is 60.3 Å². The van der Waals surface area contributed by atoms with Crippen molar-refractivity contribution in [2.45, 2.75) is 38.0 Å². The first kappa shape index (κ1) is 25.9. The first-order valence-electron chi connectivity index (χ1n) is 10.5. The lowest BCUT2D eigenvalue weighted by Gasteiger charge is -2.28. The van der Waals surface area contributed by atoms with Crippen LogP contribution in [0.15, 0.2) is 49.2 Å². The van der Waals surface area contributed by atoms with Crippen LogP contribution < -0.4 is 10.6 Å². The summed E-state index contributed by atoms with van der Waals surface area (Å²) in [6.45, 7) is 0.974. The zero-order chi connectivity index (χ0) is 23.4. The highest BCUT2D eigenvalue weighted by Gasteiger charge is 2.35. The topological polar surface area (TPSA) is 79.8 Å². The Morgan fingerprint density at radius 3 is 2.62 bits per heavy atom. The van der Waals surface area contributed by atoms with Gasteiger partial charge in [-0.15, -0.1) is 12.4 Å². The Bertz CT molecular complexity index is 1140. The molecule has 1 amide bonds. The van der Waals surface area contributed by atoms with Crippen LogP contribution in [-0.2, 0) is 12.7 Å². The Labute approximate surface area is 205 Å². The fourth-order valence-corrected chi connectivity index (χ4v) is 4.35. The minimum Gasteiger partial charge on any atom is -0.347 e. The second kappa shape index (κ2) is 11.1. The van der Waals surface area contributed by atoms with Gasteiger partial charge in [0.1, 0.15) is 12.0 Å². The summed E-state index contributed by atoms with van der Waals surface area (Å²) in [6.07, 6.45) is 4.22. The van der Waals surface area contributed by atoms with Crippen molar-refractivity contribution in [3.05, 3.63) is 76.6 Å². The van der Waals surface area contributed by atoms with Crippen LogP contribution in [0.4, 0.5) is 13.2 Å². The van der Waals surface area contributed by atoms with Crippen molar-refractivity contribution in [3.8, 4) is 11.1 Å². The van der Waals surface area contributed by atoms with Gasteiger partial charge in [-0.2, -0.15) is 13.2 Å². The molecule has 1 aliphatic heterocycles. The van der Waals surface area contributed by atoms with Crippen molar-refractivity contribution < 1.29 is 18.0 Å². The van der Waals surface area contributed by atoms with Crippen LogP contribution in [0.1, 0.15) is 52.5 Å². The maximum atomic E-state index is 13.1. The number of amides is 1. The molecule has 2 N–H and O–H groups in total. The monoisotopic (exact) mass is 511 g/mol. The van der Waals surface area contributed by atoms with Gasteiger partial charge in [-0.3, -0.25) is 4.79 Å². The van der Waals surface area contributed by atoms with Crippen LogP contribution in [0.2, 0.25) is 5.02 Å². The molecule has 2 aromatic heterocycles. The summed E-state index contributed by atoms with van der Waals surface area (Å²) in [6, 6.07) is 6.54. The van der Waals surface area contributed by atoms with Crippen molar-refractivity contribution in [3.63, 3.8) is 0 Å². The normalized spacial score (nSPS) is 15.9. The van der Waals surface area contributed by atoms with E-state index in [1.54, 1.807) is 12.4 Å². The molecule has 1 fully saturated rings. The smallest absolute Gasteiger partial charge is 0.347 e. The number of piperidine rings is 1. The predicted molar refractivity (Wildman–Crippen MR) is 125 cm³/mol. The number of pyridine rings is 1. The summed E-state index contributed by atoms with van der Waals surface area (Å²) < 4.78 is 39.4. The van der Waals surface area contributed by atoms with E-state index in [4.69, 9.17) is 11.6 Å². The molecule has 0 radical (unpaired) electrons. The summed E-state index contributed by atoms with van der Waals surface area (Å²) in [7, 11) is 0. The maximum Gasteiger partial charge on any atom is 0.417 e. The van der Waals surface area contributed by atoms with E-state index in [9.17, 15) is 18.0 Å². The van der Waals surface area contributed by atoms with Crippen molar-refractivity contribution in [1.82, 2.24) is 25.6 Å². The molecule has 0 spiro atoms. The highest BCUT2D eigenvalue weighted by atomic mass is 35.5. The second-order valence-electron chi connectivity index (χ2n) is 7.71.